The van der Waals surface area contributed by atoms with Gasteiger partial charge in [0, 0.05) is 12.3 Å². The summed E-state index contributed by atoms with van der Waals surface area (Å²) in [4.78, 5) is 3.73. The Bertz CT molecular complexity index is 636. The Labute approximate surface area is 123 Å². The van der Waals surface area contributed by atoms with E-state index in [1.165, 1.54) is 12.3 Å². The molecule has 0 aliphatic rings. The molecule has 4 nitrogen and oxygen atoms in total. The third-order valence-electron chi connectivity index (χ3n) is 2.32. The summed E-state index contributed by atoms with van der Waals surface area (Å²) in [7, 11) is 0. The number of ether oxygens (including phenoxy) is 1. The number of aromatic nitrogens is 3. The zero-order chi connectivity index (χ0) is 14.7. The second-order valence-electron chi connectivity index (χ2n) is 4.26. The van der Waals surface area contributed by atoms with Gasteiger partial charge in [0.25, 0.3) is 0 Å². The average molecular weight is 344 g/mol. The van der Waals surface area contributed by atoms with Crippen LogP contribution in [0.2, 0.25) is 0 Å². The van der Waals surface area contributed by atoms with Crippen molar-refractivity contribution in [3.05, 3.63) is 40.3 Å². The number of allylic oxidation sites excluding steroid dienone is 1. The molecule has 0 saturated heterocycles. The van der Waals surface area contributed by atoms with Gasteiger partial charge in [-0.05, 0) is 48.0 Å². The van der Waals surface area contributed by atoms with E-state index in [-0.39, 0.29) is 5.88 Å². The van der Waals surface area contributed by atoms with Crippen LogP contribution in [0.3, 0.4) is 0 Å². The fourth-order valence-corrected chi connectivity index (χ4v) is 2.05. The van der Waals surface area contributed by atoms with Crippen molar-refractivity contribution in [3.8, 4) is 11.6 Å². The maximum absolute atomic E-state index is 12.2. The van der Waals surface area contributed by atoms with Crippen molar-refractivity contribution in [2.24, 2.45) is 0 Å². The first-order valence-corrected chi connectivity index (χ1v) is 6.56. The lowest BCUT2D eigenvalue weighted by atomic mass is 10.2. The predicted octanol–water partition coefficient (Wildman–Crippen LogP) is 4.05. The molecule has 2 heterocycles. The summed E-state index contributed by atoms with van der Waals surface area (Å²) >= 11 is 3.30. The normalized spacial score (nSPS) is 10.7. The largest absolute Gasteiger partial charge is 0.417 e. The van der Waals surface area contributed by atoms with E-state index in [1.807, 2.05) is 26.0 Å². The van der Waals surface area contributed by atoms with E-state index in [9.17, 15) is 8.78 Å². The Kier molecular flexibility index (Phi) is 4.49. The summed E-state index contributed by atoms with van der Waals surface area (Å²) in [6, 6.07) is 4.91. The molecule has 2 aromatic heterocycles. The Morgan fingerprint density at radius 3 is 2.80 bits per heavy atom. The zero-order valence-corrected chi connectivity index (χ0v) is 12.4. The van der Waals surface area contributed by atoms with Gasteiger partial charge in [0.2, 0.25) is 5.88 Å². The summed E-state index contributed by atoms with van der Waals surface area (Å²) < 4.78 is 31.0. The van der Waals surface area contributed by atoms with Crippen LogP contribution < -0.4 is 4.74 Å². The van der Waals surface area contributed by atoms with E-state index < -0.39 is 6.61 Å². The van der Waals surface area contributed by atoms with Gasteiger partial charge in [-0.1, -0.05) is 5.57 Å². The fraction of sp³-hybridized carbons (Fsp3) is 0.231. The number of hydrogen-bond donors (Lipinski definition) is 0. The molecule has 7 heteroatoms. The molecule has 0 aromatic carbocycles. The highest BCUT2D eigenvalue weighted by atomic mass is 79.9. The lowest BCUT2D eigenvalue weighted by molar-refractivity contribution is -0.0528. The van der Waals surface area contributed by atoms with E-state index in [2.05, 4.69) is 30.7 Å². The minimum absolute atomic E-state index is 0.146. The van der Waals surface area contributed by atoms with Crippen molar-refractivity contribution < 1.29 is 13.5 Å². The molecular formula is C13H12BrF2N3O. The summed E-state index contributed by atoms with van der Waals surface area (Å²) in [5.41, 5.74) is 2.51. The van der Waals surface area contributed by atoms with Crippen LogP contribution in [-0.2, 0) is 0 Å². The van der Waals surface area contributed by atoms with Gasteiger partial charge in [-0.2, -0.15) is 13.9 Å². The highest BCUT2D eigenvalue weighted by molar-refractivity contribution is 9.10. The summed E-state index contributed by atoms with van der Waals surface area (Å²) in [5.74, 6) is -0.146. The number of rotatable bonds is 4. The molecule has 2 rings (SSSR count). The maximum atomic E-state index is 12.2. The first-order chi connectivity index (χ1) is 9.45. The molecule has 0 N–H and O–H groups in total. The van der Waals surface area contributed by atoms with Gasteiger partial charge in [0.1, 0.15) is 4.60 Å². The van der Waals surface area contributed by atoms with E-state index in [0.717, 1.165) is 11.3 Å². The molecule has 20 heavy (non-hydrogen) atoms. The maximum Gasteiger partial charge on any atom is 0.388 e. The van der Waals surface area contributed by atoms with Crippen LogP contribution in [0, 0.1) is 0 Å². The topological polar surface area (TPSA) is 39.9 Å². The van der Waals surface area contributed by atoms with Gasteiger partial charge in [0.15, 0.2) is 0 Å². The van der Waals surface area contributed by atoms with E-state index >= 15 is 0 Å². The molecule has 2 aromatic rings. The lowest BCUT2D eigenvalue weighted by Crippen LogP contribution is -2.05. The summed E-state index contributed by atoms with van der Waals surface area (Å²) in [6.07, 6.45) is 3.33. The highest BCUT2D eigenvalue weighted by Crippen LogP contribution is 2.21. The van der Waals surface area contributed by atoms with Crippen LogP contribution in [-0.4, -0.2) is 21.4 Å². The van der Waals surface area contributed by atoms with Crippen molar-refractivity contribution in [2.45, 2.75) is 20.5 Å². The second kappa shape index (κ2) is 6.13. The highest BCUT2D eigenvalue weighted by Gasteiger charge is 2.10. The van der Waals surface area contributed by atoms with E-state index in [0.29, 0.717) is 10.3 Å². The van der Waals surface area contributed by atoms with Gasteiger partial charge >= 0.3 is 6.61 Å². The van der Waals surface area contributed by atoms with Gasteiger partial charge < -0.3 is 4.74 Å². The number of nitrogens with zero attached hydrogens (tertiary/aromatic N) is 3. The minimum Gasteiger partial charge on any atom is -0.417 e. The molecule has 0 unspecified atom stereocenters. The predicted molar refractivity (Wildman–Crippen MR) is 75.0 cm³/mol. The summed E-state index contributed by atoms with van der Waals surface area (Å²) in [6.45, 7) is 1.02. The molecule has 0 aliphatic carbocycles. The Hall–Kier alpha value is -1.76. The molecule has 0 atom stereocenters. The Balaban J connectivity index is 2.43. The van der Waals surface area contributed by atoms with E-state index in [1.54, 1.807) is 10.7 Å². The van der Waals surface area contributed by atoms with Crippen LogP contribution >= 0.6 is 15.9 Å². The molecule has 0 fully saturated rings. The van der Waals surface area contributed by atoms with Gasteiger partial charge in [0.05, 0.1) is 11.4 Å². The first-order valence-electron chi connectivity index (χ1n) is 5.77. The van der Waals surface area contributed by atoms with Crippen molar-refractivity contribution in [2.75, 3.05) is 0 Å². The zero-order valence-electron chi connectivity index (χ0n) is 10.8. The molecule has 0 amide bonds. The third-order valence-corrected chi connectivity index (χ3v) is 2.70. The van der Waals surface area contributed by atoms with Gasteiger partial charge in [-0.25, -0.2) is 9.67 Å². The molecule has 0 radical (unpaired) electrons. The molecule has 0 bridgehead atoms. The van der Waals surface area contributed by atoms with Crippen LogP contribution in [0.4, 0.5) is 8.78 Å². The Morgan fingerprint density at radius 1 is 1.40 bits per heavy atom. The Morgan fingerprint density at radius 2 is 2.15 bits per heavy atom. The minimum atomic E-state index is -2.90. The van der Waals surface area contributed by atoms with Crippen LogP contribution in [0.5, 0.6) is 5.88 Å². The third kappa shape index (κ3) is 3.63. The number of alkyl halides is 2. The van der Waals surface area contributed by atoms with Gasteiger partial charge in [-0.3, -0.25) is 0 Å². The van der Waals surface area contributed by atoms with Crippen molar-refractivity contribution in [1.82, 2.24) is 14.8 Å². The SMILES string of the molecule is CC(C)=Cc1cc(Br)nn1-c1ccnc(OC(F)F)c1. The monoisotopic (exact) mass is 343 g/mol. The number of hydrogen-bond acceptors (Lipinski definition) is 3. The smallest absolute Gasteiger partial charge is 0.388 e. The summed E-state index contributed by atoms with van der Waals surface area (Å²) in [5, 5.41) is 4.27. The van der Waals surface area contributed by atoms with Crippen molar-refractivity contribution in [1.29, 1.82) is 0 Å². The van der Waals surface area contributed by atoms with Crippen LogP contribution in [0.1, 0.15) is 19.5 Å². The van der Waals surface area contributed by atoms with Crippen LogP contribution in [0.25, 0.3) is 11.8 Å². The van der Waals surface area contributed by atoms with Crippen molar-refractivity contribution >= 4 is 22.0 Å². The number of halogens is 3. The quantitative estimate of drug-likeness (QED) is 0.840. The van der Waals surface area contributed by atoms with Gasteiger partial charge in [-0.15, -0.1) is 0 Å². The fourth-order valence-electron chi connectivity index (χ4n) is 1.66. The average Bonchev–Trinajstić information content (AvgIpc) is 2.68. The molecule has 0 aliphatic heterocycles. The molecule has 106 valence electrons. The molecular weight excluding hydrogens is 332 g/mol. The van der Waals surface area contributed by atoms with E-state index in [4.69, 9.17) is 0 Å². The van der Waals surface area contributed by atoms with Crippen molar-refractivity contribution in [3.63, 3.8) is 0 Å². The molecule has 0 saturated carbocycles. The standard InChI is InChI=1S/C13H12BrF2N3O/c1-8(2)5-10-6-11(14)18-19(10)9-3-4-17-12(7-9)20-13(15)16/h3-7,13H,1-2H3. The number of pyridine rings is 1. The first kappa shape index (κ1) is 14.6. The van der Waals surface area contributed by atoms with Crippen LogP contribution in [0.15, 0.2) is 34.6 Å². The lowest BCUT2D eigenvalue weighted by Gasteiger charge is -2.07. The molecule has 0 spiro atoms. The second-order valence-corrected chi connectivity index (χ2v) is 5.07.